The van der Waals surface area contributed by atoms with E-state index in [1.165, 1.54) is 88.3 Å². The number of anilines is 3. The minimum absolute atomic E-state index is 1.09. The molecule has 0 N–H and O–H groups in total. The maximum atomic E-state index is 2.36. The molecule has 1 nitrogen and oxygen atoms in total. The summed E-state index contributed by atoms with van der Waals surface area (Å²) in [6.07, 6.45) is 0. The molecule has 0 saturated carbocycles. The van der Waals surface area contributed by atoms with Gasteiger partial charge in [-0.3, -0.25) is 0 Å². The second-order valence-electron chi connectivity index (χ2n) is 16.1. The van der Waals surface area contributed by atoms with Crippen LogP contribution in [0.3, 0.4) is 0 Å². The zero-order chi connectivity index (χ0) is 42.0. The van der Waals surface area contributed by atoms with Gasteiger partial charge < -0.3 is 4.90 Å². The van der Waals surface area contributed by atoms with E-state index in [-0.39, 0.29) is 0 Å². The molecule has 0 radical (unpaired) electrons. The van der Waals surface area contributed by atoms with Gasteiger partial charge in [-0.15, -0.1) is 0 Å². The van der Waals surface area contributed by atoms with E-state index in [2.05, 4.69) is 266 Å². The van der Waals surface area contributed by atoms with Crippen LogP contribution in [0, 0.1) is 0 Å². The van der Waals surface area contributed by atoms with Crippen LogP contribution in [0.4, 0.5) is 17.1 Å². The lowest BCUT2D eigenvalue weighted by Crippen LogP contribution is -2.09. The number of hydrogen-bond donors (Lipinski definition) is 0. The van der Waals surface area contributed by atoms with E-state index in [0.29, 0.717) is 0 Å². The lowest BCUT2D eigenvalue weighted by Gasteiger charge is -2.26. The van der Waals surface area contributed by atoms with E-state index in [4.69, 9.17) is 0 Å². The molecule has 0 aliphatic heterocycles. The molecule has 0 aromatic heterocycles. The number of fused-ring (bicyclic) bond motifs is 2. The van der Waals surface area contributed by atoms with E-state index >= 15 is 0 Å². The highest BCUT2D eigenvalue weighted by molar-refractivity contribution is 6.04. The normalized spacial score (nSPS) is 11.2. The molecule has 0 saturated heterocycles. The summed E-state index contributed by atoms with van der Waals surface area (Å²) in [4.78, 5) is 2.36. The highest BCUT2D eigenvalue weighted by Gasteiger charge is 2.17. The summed E-state index contributed by atoms with van der Waals surface area (Å²) < 4.78 is 0. The van der Waals surface area contributed by atoms with Gasteiger partial charge in [-0.25, -0.2) is 0 Å². The first-order chi connectivity index (χ1) is 31.2. The molecule has 296 valence electrons. The van der Waals surface area contributed by atoms with Crippen LogP contribution in [-0.2, 0) is 0 Å². The average molecular weight is 802 g/mol. The van der Waals surface area contributed by atoms with Crippen LogP contribution in [0.15, 0.2) is 261 Å². The summed E-state index contributed by atoms with van der Waals surface area (Å²) in [5.74, 6) is 0. The third-order valence-electron chi connectivity index (χ3n) is 12.3. The Morgan fingerprint density at radius 3 is 1.21 bits per heavy atom. The van der Waals surface area contributed by atoms with Crippen LogP contribution in [-0.4, -0.2) is 0 Å². The van der Waals surface area contributed by atoms with Gasteiger partial charge >= 0.3 is 0 Å². The molecule has 0 aliphatic rings. The highest BCUT2D eigenvalue weighted by Crippen LogP contribution is 2.42. The summed E-state index contributed by atoms with van der Waals surface area (Å²) in [5, 5.41) is 4.99. The van der Waals surface area contributed by atoms with Gasteiger partial charge in [-0.1, -0.05) is 218 Å². The topological polar surface area (TPSA) is 3.24 Å². The molecule has 0 fully saturated rings. The van der Waals surface area contributed by atoms with Crippen LogP contribution in [0.5, 0.6) is 0 Å². The van der Waals surface area contributed by atoms with Gasteiger partial charge in [0.1, 0.15) is 0 Å². The molecule has 0 atom stereocenters. The van der Waals surface area contributed by atoms with Crippen molar-refractivity contribution in [3.05, 3.63) is 261 Å². The third-order valence-corrected chi connectivity index (χ3v) is 12.3. The van der Waals surface area contributed by atoms with Crippen molar-refractivity contribution < 1.29 is 0 Å². The smallest absolute Gasteiger partial charge is 0.0462 e. The molecule has 0 heterocycles. The Labute approximate surface area is 369 Å². The molecule has 1 heteroatoms. The molecule has 0 aliphatic carbocycles. The Hall–Kier alpha value is -8.26. The van der Waals surface area contributed by atoms with Gasteiger partial charge in [-0.2, -0.15) is 0 Å². The van der Waals surface area contributed by atoms with Crippen molar-refractivity contribution in [3.8, 4) is 66.8 Å². The Bertz CT molecular complexity index is 3330. The first-order valence-electron chi connectivity index (χ1n) is 21.7. The zero-order valence-corrected chi connectivity index (χ0v) is 34.8. The number of benzene rings is 11. The van der Waals surface area contributed by atoms with Crippen molar-refractivity contribution in [2.75, 3.05) is 4.90 Å². The minimum Gasteiger partial charge on any atom is -0.311 e. The van der Waals surface area contributed by atoms with Gasteiger partial charge in [0.2, 0.25) is 0 Å². The Morgan fingerprint density at radius 1 is 0.206 bits per heavy atom. The van der Waals surface area contributed by atoms with Gasteiger partial charge in [0.05, 0.1) is 0 Å². The molecule has 63 heavy (non-hydrogen) atoms. The predicted molar refractivity (Wildman–Crippen MR) is 269 cm³/mol. The second kappa shape index (κ2) is 16.7. The van der Waals surface area contributed by atoms with E-state index < -0.39 is 0 Å². The van der Waals surface area contributed by atoms with E-state index in [1.807, 2.05) is 0 Å². The maximum absolute atomic E-state index is 2.36. The molecule has 0 bridgehead atoms. The van der Waals surface area contributed by atoms with Crippen molar-refractivity contribution in [3.63, 3.8) is 0 Å². The molecule has 0 unspecified atom stereocenters. The molecular formula is C62H43N. The van der Waals surface area contributed by atoms with Crippen molar-refractivity contribution in [2.24, 2.45) is 0 Å². The average Bonchev–Trinajstić information content (AvgIpc) is 3.37. The minimum atomic E-state index is 1.09. The van der Waals surface area contributed by atoms with E-state index in [1.54, 1.807) is 0 Å². The number of nitrogens with zero attached hydrogens (tertiary/aromatic N) is 1. The van der Waals surface area contributed by atoms with Gasteiger partial charge in [0.15, 0.2) is 0 Å². The third kappa shape index (κ3) is 7.47. The monoisotopic (exact) mass is 801 g/mol. The van der Waals surface area contributed by atoms with Crippen LogP contribution in [0.2, 0.25) is 0 Å². The fourth-order valence-electron chi connectivity index (χ4n) is 9.10. The molecule has 11 rings (SSSR count). The Morgan fingerprint density at radius 2 is 0.603 bits per heavy atom. The SMILES string of the molecule is c1ccc(-c2ccc(-c3ccc(N(c4ccc(-c5cccc(-c6cccc7ccccc67)c5)cc4)c4ccc(-c5c(-c6ccccc6)ccc6ccccc56)cc4)cc3)cc2)cc1. The molecule has 11 aromatic carbocycles. The van der Waals surface area contributed by atoms with Crippen molar-refractivity contribution in [2.45, 2.75) is 0 Å². The fraction of sp³-hybridized carbons (Fsp3) is 0. The van der Waals surface area contributed by atoms with Gasteiger partial charge in [0.25, 0.3) is 0 Å². The Kier molecular flexibility index (Phi) is 9.97. The van der Waals surface area contributed by atoms with Gasteiger partial charge in [0, 0.05) is 17.1 Å². The molecule has 0 spiro atoms. The van der Waals surface area contributed by atoms with E-state index in [9.17, 15) is 0 Å². The van der Waals surface area contributed by atoms with Gasteiger partial charge in [-0.05, 0) is 131 Å². The van der Waals surface area contributed by atoms with Crippen molar-refractivity contribution in [1.82, 2.24) is 0 Å². The molecular weight excluding hydrogens is 759 g/mol. The largest absolute Gasteiger partial charge is 0.311 e. The van der Waals surface area contributed by atoms with Crippen LogP contribution in [0.1, 0.15) is 0 Å². The standard InChI is InChI=1S/C62H43N/c1-3-13-44(14-4-1)45-25-27-46(28-26-45)47-29-36-55(37-30-47)63(56-38-31-48(32-39-56)53-20-11-21-54(43-53)59-24-12-19-49-17-7-9-22-58(49)59)57-40-33-52(34-41-57)62-60-23-10-8-18-51(60)35-42-61(62)50-15-5-2-6-16-50/h1-43H. The lowest BCUT2D eigenvalue weighted by molar-refractivity contribution is 1.28. The fourth-order valence-corrected chi connectivity index (χ4v) is 9.10. The Balaban J connectivity index is 0.969. The van der Waals surface area contributed by atoms with Crippen LogP contribution < -0.4 is 4.90 Å². The lowest BCUT2D eigenvalue weighted by atomic mass is 9.89. The summed E-state index contributed by atoms with van der Waals surface area (Å²) in [6, 6.07) is 94.5. The summed E-state index contributed by atoms with van der Waals surface area (Å²) in [6.45, 7) is 0. The predicted octanol–water partition coefficient (Wildman–Crippen LogP) is 17.5. The summed E-state index contributed by atoms with van der Waals surface area (Å²) in [7, 11) is 0. The first-order valence-corrected chi connectivity index (χ1v) is 21.7. The number of hydrogen-bond acceptors (Lipinski definition) is 1. The molecule has 0 amide bonds. The first kappa shape index (κ1) is 37.7. The molecule has 11 aromatic rings. The highest BCUT2D eigenvalue weighted by atomic mass is 15.1. The van der Waals surface area contributed by atoms with Crippen molar-refractivity contribution in [1.29, 1.82) is 0 Å². The summed E-state index contributed by atoms with van der Waals surface area (Å²) >= 11 is 0. The maximum Gasteiger partial charge on any atom is 0.0462 e. The number of rotatable bonds is 9. The second-order valence-corrected chi connectivity index (χ2v) is 16.1. The summed E-state index contributed by atoms with van der Waals surface area (Å²) in [5.41, 5.74) is 17.8. The van der Waals surface area contributed by atoms with Crippen molar-refractivity contribution >= 4 is 38.6 Å². The van der Waals surface area contributed by atoms with Crippen LogP contribution in [0.25, 0.3) is 88.3 Å². The van der Waals surface area contributed by atoms with E-state index in [0.717, 1.165) is 17.1 Å². The van der Waals surface area contributed by atoms with Crippen LogP contribution >= 0.6 is 0 Å². The quantitative estimate of drug-likeness (QED) is 0.141. The zero-order valence-electron chi connectivity index (χ0n) is 34.8.